The summed E-state index contributed by atoms with van der Waals surface area (Å²) in [6.45, 7) is 4.43. The first-order valence-corrected chi connectivity index (χ1v) is 10.9. The zero-order valence-corrected chi connectivity index (χ0v) is 19.1. The molecule has 0 saturated carbocycles. The molecule has 0 aliphatic rings. The summed E-state index contributed by atoms with van der Waals surface area (Å²) in [5.74, 6) is 0.472. The first-order chi connectivity index (χ1) is 16.0. The molecule has 3 aromatic carbocycles. The maximum atomic E-state index is 13.0. The predicted molar refractivity (Wildman–Crippen MR) is 131 cm³/mol. The van der Waals surface area contributed by atoms with Crippen LogP contribution in [0.1, 0.15) is 28.1 Å². The molecule has 0 amide bonds. The summed E-state index contributed by atoms with van der Waals surface area (Å²) >= 11 is 6.30. The Hall–Kier alpha value is -3.81. The molecule has 0 unspecified atom stereocenters. The number of allylic oxidation sites excluding steroid dienone is 1. The van der Waals surface area contributed by atoms with Gasteiger partial charge in [0.2, 0.25) is 0 Å². The van der Waals surface area contributed by atoms with Crippen LogP contribution in [-0.4, -0.2) is 4.57 Å². The number of nitriles is 1. The maximum Gasteiger partial charge on any atom is 0.123 e. The van der Waals surface area contributed by atoms with Gasteiger partial charge in [-0.1, -0.05) is 41.9 Å². The number of aromatic nitrogens is 1. The van der Waals surface area contributed by atoms with Gasteiger partial charge in [-0.15, -0.1) is 0 Å². The van der Waals surface area contributed by atoms with Crippen LogP contribution in [0.15, 0.2) is 78.9 Å². The topological polar surface area (TPSA) is 38.0 Å². The molecule has 4 rings (SSSR count). The maximum absolute atomic E-state index is 13.0. The van der Waals surface area contributed by atoms with E-state index in [9.17, 15) is 9.65 Å². The lowest BCUT2D eigenvalue weighted by molar-refractivity contribution is 0.306. The van der Waals surface area contributed by atoms with E-state index in [1.54, 1.807) is 18.2 Å². The molecular weight excluding hydrogens is 435 g/mol. The number of halogens is 2. The second kappa shape index (κ2) is 9.77. The van der Waals surface area contributed by atoms with Gasteiger partial charge in [-0.2, -0.15) is 5.26 Å². The van der Waals surface area contributed by atoms with Crippen molar-refractivity contribution in [3.05, 3.63) is 118 Å². The third-order valence-corrected chi connectivity index (χ3v) is 5.80. The normalized spacial score (nSPS) is 11.3. The average Bonchev–Trinajstić information content (AvgIpc) is 3.10. The monoisotopic (exact) mass is 456 g/mol. The van der Waals surface area contributed by atoms with Gasteiger partial charge in [-0.3, -0.25) is 0 Å². The lowest BCUT2D eigenvalue weighted by Crippen LogP contribution is -2.00. The molecule has 0 bridgehead atoms. The summed E-state index contributed by atoms with van der Waals surface area (Å²) in [6.07, 6.45) is 1.88. The van der Waals surface area contributed by atoms with Gasteiger partial charge >= 0.3 is 0 Å². The van der Waals surface area contributed by atoms with Gasteiger partial charge in [0, 0.05) is 27.7 Å². The van der Waals surface area contributed by atoms with Crippen molar-refractivity contribution >= 4 is 23.3 Å². The van der Waals surface area contributed by atoms with Crippen molar-refractivity contribution in [3.8, 4) is 17.5 Å². The molecule has 0 saturated heterocycles. The van der Waals surface area contributed by atoms with Gasteiger partial charge < -0.3 is 9.30 Å². The molecule has 0 aliphatic heterocycles. The van der Waals surface area contributed by atoms with Crippen LogP contribution in [0.25, 0.3) is 17.3 Å². The molecule has 164 valence electrons. The quantitative estimate of drug-likeness (QED) is 0.281. The van der Waals surface area contributed by atoms with Crippen LogP contribution in [0.5, 0.6) is 5.75 Å². The minimum Gasteiger partial charge on any atom is -0.489 e. The zero-order chi connectivity index (χ0) is 23.4. The van der Waals surface area contributed by atoms with Gasteiger partial charge in [0.05, 0.1) is 11.6 Å². The Morgan fingerprint density at radius 3 is 2.39 bits per heavy atom. The highest BCUT2D eigenvalue weighted by atomic mass is 35.5. The number of ether oxygens (including phenoxy) is 1. The van der Waals surface area contributed by atoms with E-state index in [0.29, 0.717) is 22.8 Å². The number of aryl methyl sites for hydroxylation is 1. The second-order valence-electron chi connectivity index (χ2n) is 7.72. The highest BCUT2D eigenvalue weighted by Crippen LogP contribution is 2.29. The molecule has 0 N–H and O–H groups in total. The van der Waals surface area contributed by atoms with E-state index >= 15 is 0 Å². The Bertz CT molecular complexity index is 1350. The fourth-order valence-electron chi connectivity index (χ4n) is 3.78. The fraction of sp³-hybridized carbons (Fsp3) is 0.107. The lowest BCUT2D eigenvalue weighted by atomic mass is 10.0. The third-order valence-electron chi connectivity index (χ3n) is 5.47. The average molecular weight is 457 g/mol. The standard InChI is InChI=1S/C28H22ClFN2O/c1-19-15-22(16-23(17-31)27-5-3-4-6-28(27)29)20(2)32(19)25-11-13-26(14-12-25)33-18-21-7-9-24(30)10-8-21/h3-16H,18H2,1-2H3. The SMILES string of the molecule is Cc1cc(C=C(C#N)c2ccccc2Cl)c(C)n1-c1ccc(OCc2ccc(F)cc2)cc1. The first kappa shape index (κ1) is 22.4. The zero-order valence-electron chi connectivity index (χ0n) is 18.3. The number of rotatable bonds is 6. The summed E-state index contributed by atoms with van der Waals surface area (Å²) in [5.41, 5.74) is 6.17. The molecule has 5 heteroatoms. The van der Waals surface area contributed by atoms with Crippen molar-refractivity contribution in [3.63, 3.8) is 0 Å². The Kier molecular flexibility index (Phi) is 6.63. The molecular formula is C28H22ClFN2O. The summed E-state index contributed by atoms with van der Waals surface area (Å²) in [7, 11) is 0. The minimum absolute atomic E-state index is 0.261. The molecule has 3 nitrogen and oxygen atoms in total. The molecule has 0 radical (unpaired) electrons. The van der Waals surface area contributed by atoms with Crippen molar-refractivity contribution in [1.29, 1.82) is 5.26 Å². The number of nitrogens with zero attached hydrogens (tertiary/aromatic N) is 2. The largest absolute Gasteiger partial charge is 0.489 e. The van der Waals surface area contributed by atoms with Gasteiger partial charge in [0.15, 0.2) is 0 Å². The Balaban J connectivity index is 1.57. The van der Waals surface area contributed by atoms with Crippen molar-refractivity contribution in [2.45, 2.75) is 20.5 Å². The van der Waals surface area contributed by atoms with E-state index in [4.69, 9.17) is 16.3 Å². The molecule has 0 atom stereocenters. The predicted octanol–water partition coefficient (Wildman–Crippen LogP) is 7.53. The lowest BCUT2D eigenvalue weighted by Gasteiger charge is -2.12. The number of benzene rings is 3. The summed E-state index contributed by atoms with van der Waals surface area (Å²) in [5, 5.41) is 10.3. The summed E-state index contributed by atoms with van der Waals surface area (Å²) in [6, 6.07) is 25.8. The van der Waals surface area contributed by atoms with E-state index in [1.807, 2.05) is 62.4 Å². The number of hydrogen-bond acceptors (Lipinski definition) is 2. The molecule has 1 aromatic heterocycles. The van der Waals surface area contributed by atoms with E-state index in [0.717, 1.165) is 34.0 Å². The third kappa shape index (κ3) is 5.00. The highest BCUT2D eigenvalue weighted by Gasteiger charge is 2.12. The van der Waals surface area contributed by atoms with Crippen molar-refractivity contribution in [2.24, 2.45) is 0 Å². The van der Waals surface area contributed by atoms with Gasteiger partial charge in [0.1, 0.15) is 18.2 Å². The Labute approximate surface area is 197 Å². The van der Waals surface area contributed by atoms with E-state index in [2.05, 4.69) is 16.7 Å². The van der Waals surface area contributed by atoms with Crippen molar-refractivity contribution in [1.82, 2.24) is 4.57 Å². The van der Waals surface area contributed by atoms with Crippen LogP contribution in [0.2, 0.25) is 5.02 Å². The van der Waals surface area contributed by atoms with E-state index in [-0.39, 0.29) is 5.82 Å². The molecule has 0 fully saturated rings. The summed E-state index contributed by atoms with van der Waals surface area (Å²) < 4.78 is 21.0. The van der Waals surface area contributed by atoms with Crippen molar-refractivity contribution < 1.29 is 9.13 Å². The summed E-state index contributed by atoms with van der Waals surface area (Å²) in [4.78, 5) is 0. The van der Waals surface area contributed by atoms with Crippen LogP contribution < -0.4 is 4.74 Å². The van der Waals surface area contributed by atoms with E-state index in [1.165, 1.54) is 12.1 Å². The highest BCUT2D eigenvalue weighted by molar-refractivity contribution is 6.32. The van der Waals surface area contributed by atoms with Crippen molar-refractivity contribution in [2.75, 3.05) is 0 Å². The van der Waals surface area contributed by atoms with Gasteiger partial charge in [-0.25, -0.2) is 4.39 Å². The van der Waals surface area contributed by atoms with Gasteiger partial charge in [-0.05, 0) is 79.6 Å². The minimum atomic E-state index is -0.261. The van der Waals surface area contributed by atoms with Crippen LogP contribution in [0.3, 0.4) is 0 Å². The van der Waals surface area contributed by atoms with Crippen LogP contribution in [0.4, 0.5) is 4.39 Å². The molecule has 0 spiro atoms. The van der Waals surface area contributed by atoms with Gasteiger partial charge in [0.25, 0.3) is 0 Å². The van der Waals surface area contributed by atoms with Crippen LogP contribution in [-0.2, 0) is 6.61 Å². The molecule has 4 aromatic rings. The first-order valence-electron chi connectivity index (χ1n) is 10.5. The van der Waals surface area contributed by atoms with Crippen LogP contribution in [0, 0.1) is 31.0 Å². The fourth-order valence-corrected chi connectivity index (χ4v) is 4.01. The molecule has 33 heavy (non-hydrogen) atoms. The molecule has 1 heterocycles. The van der Waals surface area contributed by atoms with E-state index < -0.39 is 0 Å². The van der Waals surface area contributed by atoms with Crippen LogP contribution >= 0.6 is 11.6 Å². The molecule has 0 aliphatic carbocycles. The Morgan fingerprint density at radius 1 is 1.03 bits per heavy atom. The second-order valence-corrected chi connectivity index (χ2v) is 8.13. The number of hydrogen-bond donors (Lipinski definition) is 0. The smallest absolute Gasteiger partial charge is 0.123 e. The Morgan fingerprint density at radius 2 is 1.73 bits per heavy atom.